The summed E-state index contributed by atoms with van der Waals surface area (Å²) in [5, 5.41) is 6.08. The Balaban J connectivity index is 1.48. The Bertz CT molecular complexity index is 1060. The summed E-state index contributed by atoms with van der Waals surface area (Å²) in [6, 6.07) is 11.6. The second kappa shape index (κ2) is 7.81. The van der Waals surface area contributed by atoms with Crippen molar-refractivity contribution in [2.24, 2.45) is 5.14 Å². The molecule has 1 heterocycles. The summed E-state index contributed by atoms with van der Waals surface area (Å²) in [6.07, 6.45) is 2.00. The van der Waals surface area contributed by atoms with Crippen LogP contribution in [0.5, 0.6) is 5.75 Å². The first-order valence-corrected chi connectivity index (χ1v) is 9.86. The normalized spacial score (nSPS) is 11.5. The van der Waals surface area contributed by atoms with E-state index in [-0.39, 0.29) is 30.5 Å². The molecule has 0 unspecified atom stereocenters. The van der Waals surface area contributed by atoms with Crippen molar-refractivity contribution in [3.8, 4) is 5.75 Å². The molecule has 0 aliphatic carbocycles. The molecule has 0 radical (unpaired) electrons. The number of primary sulfonamides is 1. The fraction of sp³-hybridized carbons (Fsp3) is 0.211. The van der Waals surface area contributed by atoms with Gasteiger partial charge in [0.1, 0.15) is 19.0 Å². The number of carbonyl (C=O) groups is 1. The van der Waals surface area contributed by atoms with Crippen LogP contribution in [-0.4, -0.2) is 32.6 Å². The SMILES string of the molecule is Cc1cccc2[nH]cc(CC(=O)OCCOc3ccc(S(N)(=O)=O)cc3)c12. The molecule has 27 heavy (non-hydrogen) atoms. The van der Waals surface area contributed by atoms with E-state index in [0.29, 0.717) is 5.75 Å². The van der Waals surface area contributed by atoms with E-state index in [1.165, 1.54) is 24.3 Å². The lowest BCUT2D eigenvalue weighted by atomic mass is 10.1. The van der Waals surface area contributed by atoms with Gasteiger partial charge in [0.05, 0.1) is 11.3 Å². The van der Waals surface area contributed by atoms with E-state index < -0.39 is 10.0 Å². The third-order valence-electron chi connectivity index (χ3n) is 4.10. The number of aromatic amines is 1. The summed E-state index contributed by atoms with van der Waals surface area (Å²) in [4.78, 5) is 15.2. The maximum atomic E-state index is 12.1. The molecule has 3 rings (SSSR count). The van der Waals surface area contributed by atoms with Crippen LogP contribution in [0.2, 0.25) is 0 Å². The number of ether oxygens (including phenoxy) is 2. The highest BCUT2D eigenvalue weighted by Gasteiger charge is 2.12. The Hall–Kier alpha value is -2.84. The minimum absolute atomic E-state index is 0.00954. The predicted molar refractivity (Wildman–Crippen MR) is 101 cm³/mol. The summed E-state index contributed by atoms with van der Waals surface area (Å²) in [7, 11) is -3.73. The van der Waals surface area contributed by atoms with Gasteiger partial charge in [0.15, 0.2) is 0 Å². The van der Waals surface area contributed by atoms with Crippen LogP contribution in [0.3, 0.4) is 0 Å². The molecule has 8 heteroatoms. The summed E-state index contributed by atoms with van der Waals surface area (Å²) in [5.74, 6) is 0.123. The lowest BCUT2D eigenvalue weighted by Crippen LogP contribution is -2.14. The Morgan fingerprint density at radius 1 is 1.11 bits per heavy atom. The number of rotatable bonds is 7. The summed E-state index contributed by atoms with van der Waals surface area (Å²) < 4.78 is 33.0. The van der Waals surface area contributed by atoms with E-state index in [9.17, 15) is 13.2 Å². The number of aromatic nitrogens is 1. The van der Waals surface area contributed by atoms with Gasteiger partial charge in [0.25, 0.3) is 0 Å². The molecule has 7 nitrogen and oxygen atoms in total. The average Bonchev–Trinajstić information content (AvgIpc) is 3.02. The quantitative estimate of drug-likeness (QED) is 0.476. The Morgan fingerprint density at radius 3 is 2.56 bits per heavy atom. The van der Waals surface area contributed by atoms with Crippen molar-refractivity contribution in [3.63, 3.8) is 0 Å². The van der Waals surface area contributed by atoms with Crippen molar-refractivity contribution in [1.82, 2.24) is 4.98 Å². The number of nitrogens with one attached hydrogen (secondary N) is 1. The number of H-pyrrole nitrogens is 1. The van der Waals surface area contributed by atoms with Crippen molar-refractivity contribution in [2.45, 2.75) is 18.2 Å². The van der Waals surface area contributed by atoms with Crippen LogP contribution in [0, 0.1) is 6.92 Å². The molecule has 0 saturated heterocycles. The number of sulfonamides is 1. The summed E-state index contributed by atoms with van der Waals surface area (Å²) in [5.41, 5.74) is 2.99. The molecular weight excluding hydrogens is 368 g/mol. The molecule has 2 aromatic carbocycles. The number of esters is 1. The monoisotopic (exact) mass is 388 g/mol. The number of hydrogen-bond acceptors (Lipinski definition) is 5. The van der Waals surface area contributed by atoms with Crippen molar-refractivity contribution in [1.29, 1.82) is 0 Å². The van der Waals surface area contributed by atoms with Gasteiger partial charge in [-0.2, -0.15) is 0 Å². The van der Waals surface area contributed by atoms with Crippen molar-refractivity contribution in [3.05, 3.63) is 59.8 Å². The molecule has 0 aliphatic heterocycles. The van der Waals surface area contributed by atoms with E-state index in [2.05, 4.69) is 4.98 Å². The van der Waals surface area contributed by atoms with E-state index in [0.717, 1.165) is 22.0 Å². The maximum absolute atomic E-state index is 12.1. The van der Waals surface area contributed by atoms with Gasteiger partial charge in [-0.25, -0.2) is 13.6 Å². The van der Waals surface area contributed by atoms with Gasteiger partial charge in [0.2, 0.25) is 10.0 Å². The Kier molecular flexibility index (Phi) is 5.48. The highest BCUT2D eigenvalue weighted by atomic mass is 32.2. The highest BCUT2D eigenvalue weighted by Crippen LogP contribution is 2.22. The Morgan fingerprint density at radius 2 is 1.85 bits per heavy atom. The van der Waals surface area contributed by atoms with E-state index in [1.807, 2.05) is 31.3 Å². The zero-order chi connectivity index (χ0) is 19.4. The van der Waals surface area contributed by atoms with Crippen molar-refractivity contribution >= 4 is 26.9 Å². The van der Waals surface area contributed by atoms with Gasteiger partial charge in [-0.05, 0) is 48.4 Å². The predicted octanol–water partition coefficient (Wildman–Crippen LogP) is 2.29. The Labute approximate surface area is 157 Å². The molecule has 0 saturated carbocycles. The molecule has 0 atom stereocenters. The molecular formula is C19H20N2O5S. The summed E-state index contributed by atoms with van der Waals surface area (Å²) in [6.45, 7) is 2.25. The maximum Gasteiger partial charge on any atom is 0.310 e. The van der Waals surface area contributed by atoms with Crippen LogP contribution in [0.25, 0.3) is 10.9 Å². The first kappa shape index (κ1) is 18.9. The number of nitrogens with two attached hydrogens (primary N) is 1. The number of hydrogen-bond donors (Lipinski definition) is 2. The minimum Gasteiger partial charge on any atom is -0.490 e. The van der Waals surface area contributed by atoms with Crippen LogP contribution in [0.1, 0.15) is 11.1 Å². The molecule has 0 aliphatic rings. The van der Waals surface area contributed by atoms with Gasteiger partial charge in [0, 0.05) is 17.1 Å². The zero-order valence-corrected chi connectivity index (χ0v) is 15.6. The molecule has 3 N–H and O–H groups in total. The largest absolute Gasteiger partial charge is 0.490 e. The second-order valence-electron chi connectivity index (χ2n) is 6.07. The van der Waals surface area contributed by atoms with Crippen LogP contribution < -0.4 is 9.88 Å². The number of aryl methyl sites for hydroxylation is 1. The van der Waals surface area contributed by atoms with Crippen molar-refractivity contribution in [2.75, 3.05) is 13.2 Å². The number of benzene rings is 2. The van der Waals surface area contributed by atoms with Gasteiger partial charge >= 0.3 is 5.97 Å². The van der Waals surface area contributed by atoms with Gasteiger partial charge in [-0.15, -0.1) is 0 Å². The number of fused-ring (bicyclic) bond motifs is 1. The van der Waals surface area contributed by atoms with Gasteiger partial charge in [-0.1, -0.05) is 12.1 Å². The van der Waals surface area contributed by atoms with Crippen LogP contribution in [0.15, 0.2) is 53.6 Å². The molecule has 0 amide bonds. The molecule has 0 bridgehead atoms. The first-order chi connectivity index (χ1) is 12.8. The third-order valence-corrected chi connectivity index (χ3v) is 5.03. The lowest BCUT2D eigenvalue weighted by Gasteiger charge is -2.08. The first-order valence-electron chi connectivity index (χ1n) is 8.31. The second-order valence-corrected chi connectivity index (χ2v) is 7.63. The molecule has 3 aromatic rings. The van der Waals surface area contributed by atoms with Gasteiger partial charge < -0.3 is 14.5 Å². The zero-order valence-electron chi connectivity index (χ0n) is 14.8. The van der Waals surface area contributed by atoms with Gasteiger partial charge in [-0.3, -0.25) is 4.79 Å². The fourth-order valence-corrected chi connectivity index (χ4v) is 3.35. The fourth-order valence-electron chi connectivity index (χ4n) is 2.84. The molecule has 1 aromatic heterocycles. The smallest absolute Gasteiger partial charge is 0.310 e. The highest BCUT2D eigenvalue weighted by molar-refractivity contribution is 7.89. The van der Waals surface area contributed by atoms with E-state index >= 15 is 0 Å². The van der Waals surface area contributed by atoms with Crippen LogP contribution in [0.4, 0.5) is 0 Å². The third kappa shape index (κ3) is 4.66. The molecule has 0 spiro atoms. The lowest BCUT2D eigenvalue weighted by molar-refractivity contribution is -0.143. The molecule has 142 valence electrons. The van der Waals surface area contributed by atoms with E-state index in [1.54, 1.807) is 0 Å². The summed E-state index contributed by atoms with van der Waals surface area (Å²) >= 11 is 0. The molecule has 0 fully saturated rings. The standard InChI is InChI=1S/C19H20N2O5S/c1-13-3-2-4-17-19(13)14(12-21-17)11-18(22)26-10-9-25-15-5-7-16(8-6-15)27(20,23)24/h2-8,12,21H,9-11H2,1H3,(H2,20,23,24). The number of carbonyl (C=O) groups excluding carboxylic acids is 1. The topological polar surface area (TPSA) is 111 Å². The van der Waals surface area contributed by atoms with Crippen molar-refractivity contribution < 1.29 is 22.7 Å². The minimum atomic E-state index is -3.73. The van der Waals surface area contributed by atoms with E-state index in [4.69, 9.17) is 14.6 Å². The van der Waals surface area contributed by atoms with Crippen LogP contribution >= 0.6 is 0 Å². The van der Waals surface area contributed by atoms with Crippen LogP contribution in [-0.2, 0) is 26.0 Å². The average molecular weight is 388 g/mol.